The van der Waals surface area contributed by atoms with Crippen LogP contribution >= 0.6 is 11.3 Å². The number of nitrogens with one attached hydrogen (secondary N) is 1. The Morgan fingerprint density at radius 3 is 2.85 bits per heavy atom. The van der Waals surface area contributed by atoms with Gasteiger partial charge >= 0.3 is 5.97 Å². The maximum atomic E-state index is 13.7. The van der Waals surface area contributed by atoms with E-state index in [0.717, 1.165) is 11.3 Å². The highest BCUT2D eigenvalue weighted by Crippen LogP contribution is 2.28. The van der Waals surface area contributed by atoms with E-state index >= 15 is 0 Å². The zero-order chi connectivity index (χ0) is 14.7. The van der Waals surface area contributed by atoms with Gasteiger partial charge in [0.2, 0.25) is 0 Å². The monoisotopic (exact) mass is 296 g/mol. The molecule has 0 amide bonds. The molecule has 106 valence electrons. The van der Waals surface area contributed by atoms with Crippen molar-refractivity contribution in [1.29, 1.82) is 0 Å². The van der Waals surface area contributed by atoms with Crippen LogP contribution in [-0.4, -0.2) is 22.7 Å². The highest BCUT2D eigenvalue weighted by atomic mass is 32.1. The average molecular weight is 296 g/mol. The number of aromatic nitrogens is 1. The maximum Gasteiger partial charge on any atom is 0.347 e. The van der Waals surface area contributed by atoms with Crippen molar-refractivity contribution in [3.05, 3.63) is 34.6 Å². The molecule has 1 heterocycles. The molecule has 1 aromatic heterocycles. The third kappa shape index (κ3) is 3.05. The minimum absolute atomic E-state index is 0.166. The number of nitrogens with zero attached hydrogens (tertiary/aromatic N) is 1. The number of hydrogen-bond acceptors (Lipinski definition) is 5. The first-order chi connectivity index (χ1) is 9.51. The van der Waals surface area contributed by atoms with E-state index in [4.69, 9.17) is 9.84 Å². The van der Waals surface area contributed by atoms with Gasteiger partial charge in [0.05, 0.1) is 12.3 Å². The Bertz CT molecular complexity index is 643. The molecular formula is C13H13FN2O3S. The lowest BCUT2D eigenvalue weighted by atomic mass is 10.3. The summed E-state index contributed by atoms with van der Waals surface area (Å²) in [5.74, 6) is -1.32. The summed E-state index contributed by atoms with van der Waals surface area (Å²) in [6.07, 6.45) is 0. The van der Waals surface area contributed by atoms with Crippen LogP contribution in [0.5, 0.6) is 5.75 Å². The molecule has 0 saturated heterocycles. The topological polar surface area (TPSA) is 71.5 Å². The van der Waals surface area contributed by atoms with E-state index in [1.807, 2.05) is 0 Å². The number of halogens is 1. The fourth-order valence-corrected chi connectivity index (χ4v) is 2.45. The molecule has 0 aliphatic rings. The Morgan fingerprint density at radius 1 is 1.55 bits per heavy atom. The van der Waals surface area contributed by atoms with E-state index in [1.54, 1.807) is 19.9 Å². The van der Waals surface area contributed by atoms with Gasteiger partial charge in [-0.2, -0.15) is 0 Å². The predicted octanol–water partition coefficient (Wildman–Crippen LogP) is 3.43. The highest BCUT2D eigenvalue weighted by molar-refractivity contribution is 7.17. The fraction of sp³-hybridized carbons (Fsp3) is 0.231. The molecule has 2 rings (SSSR count). The van der Waals surface area contributed by atoms with Gasteiger partial charge in [0.25, 0.3) is 0 Å². The molecule has 0 saturated carbocycles. The number of hydrogen-bond donors (Lipinski definition) is 2. The van der Waals surface area contributed by atoms with E-state index in [0.29, 0.717) is 23.1 Å². The van der Waals surface area contributed by atoms with Gasteiger partial charge in [-0.05, 0) is 26.0 Å². The SMILES string of the molecule is CCOc1ccc(Nc2nc(C)c(C(=O)O)s2)cc1F. The summed E-state index contributed by atoms with van der Waals surface area (Å²) in [4.78, 5) is 15.2. The summed E-state index contributed by atoms with van der Waals surface area (Å²) in [6, 6.07) is 4.44. The summed E-state index contributed by atoms with van der Waals surface area (Å²) >= 11 is 1.01. The fourth-order valence-electron chi connectivity index (χ4n) is 1.62. The highest BCUT2D eigenvalue weighted by Gasteiger charge is 2.14. The van der Waals surface area contributed by atoms with Crippen LogP contribution in [0.15, 0.2) is 18.2 Å². The second-order valence-corrected chi connectivity index (χ2v) is 4.94. The molecule has 2 aromatic rings. The largest absolute Gasteiger partial charge is 0.491 e. The van der Waals surface area contributed by atoms with Gasteiger partial charge in [0.1, 0.15) is 4.88 Å². The second-order valence-electron chi connectivity index (χ2n) is 3.94. The molecule has 2 N–H and O–H groups in total. The van der Waals surface area contributed by atoms with Gasteiger partial charge in [-0.25, -0.2) is 14.2 Å². The first-order valence-corrected chi connectivity index (χ1v) is 6.73. The summed E-state index contributed by atoms with van der Waals surface area (Å²) in [5.41, 5.74) is 0.910. The summed E-state index contributed by atoms with van der Waals surface area (Å²) in [7, 11) is 0. The Balaban J connectivity index is 2.20. The van der Waals surface area contributed by atoms with Crippen molar-refractivity contribution >= 4 is 28.1 Å². The Hall–Kier alpha value is -2.15. The summed E-state index contributed by atoms with van der Waals surface area (Å²) in [5, 5.41) is 12.2. The smallest absolute Gasteiger partial charge is 0.347 e. The number of rotatable bonds is 5. The van der Waals surface area contributed by atoms with Crippen molar-refractivity contribution in [1.82, 2.24) is 4.98 Å². The van der Waals surface area contributed by atoms with Crippen LogP contribution < -0.4 is 10.1 Å². The van der Waals surface area contributed by atoms with Crippen LogP contribution in [0.4, 0.5) is 15.2 Å². The van der Waals surface area contributed by atoms with Crippen molar-refractivity contribution in [2.24, 2.45) is 0 Å². The van der Waals surface area contributed by atoms with Crippen LogP contribution in [0.25, 0.3) is 0 Å². The van der Waals surface area contributed by atoms with Crippen molar-refractivity contribution in [2.45, 2.75) is 13.8 Å². The molecule has 7 heteroatoms. The number of thiazole rings is 1. The van der Waals surface area contributed by atoms with E-state index < -0.39 is 11.8 Å². The molecule has 5 nitrogen and oxygen atoms in total. The number of aromatic carboxylic acids is 1. The predicted molar refractivity (Wildman–Crippen MR) is 74.7 cm³/mol. The number of carbonyl (C=O) groups is 1. The lowest BCUT2D eigenvalue weighted by molar-refractivity contribution is 0.0701. The van der Waals surface area contributed by atoms with E-state index in [2.05, 4.69) is 10.3 Å². The van der Waals surface area contributed by atoms with Crippen molar-refractivity contribution in [3.63, 3.8) is 0 Å². The Kier molecular flexibility index (Phi) is 4.19. The van der Waals surface area contributed by atoms with E-state index in [-0.39, 0.29) is 10.6 Å². The molecule has 0 unspecified atom stereocenters. The van der Waals surface area contributed by atoms with Crippen LogP contribution in [0, 0.1) is 12.7 Å². The zero-order valence-corrected chi connectivity index (χ0v) is 11.8. The Labute approximate surface area is 119 Å². The number of anilines is 2. The van der Waals surface area contributed by atoms with Gasteiger partial charge in [-0.15, -0.1) is 0 Å². The van der Waals surface area contributed by atoms with Crippen LogP contribution in [0.3, 0.4) is 0 Å². The van der Waals surface area contributed by atoms with Crippen molar-refractivity contribution in [2.75, 3.05) is 11.9 Å². The van der Waals surface area contributed by atoms with Gasteiger partial charge in [-0.3, -0.25) is 0 Å². The summed E-state index contributed by atoms with van der Waals surface area (Å²) in [6.45, 7) is 3.78. The Morgan fingerprint density at radius 2 is 2.30 bits per heavy atom. The zero-order valence-electron chi connectivity index (χ0n) is 10.9. The van der Waals surface area contributed by atoms with Crippen LogP contribution in [0.1, 0.15) is 22.3 Å². The molecule has 1 aromatic carbocycles. The van der Waals surface area contributed by atoms with Crippen LogP contribution in [0.2, 0.25) is 0 Å². The molecule has 0 atom stereocenters. The number of carboxylic acids is 1. The molecule has 0 spiro atoms. The minimum atomic E-state index is -1.02. The first kappa shape index (κ1) is 14.3. The van der Waals surface area contributed by atoms with E-state index in [9.17, 15) is 9.18 Å². The standard InChI is InChI=1S/C13H13FN2O3S/c1-3-19-10-5-4-8(6-9(10)14)16-13-15-7(2)11(20-13)12(17)18/h4-6H,3H2,1-2H3,(H,15,16)(H,17,18). The molecule has 0 bridgehead atoms. The third-order valence-corrected chi connectivity index (χ3v) is 3.53. The first-order valence-electron chi connectivity index (χ1n) is 5.91. The molecule has 0 radical (unpaired) electrons. The maximum absolute atomic E-state index is 13.7. The second kappa shape index (κ2) is 5.87. The van der Waals surface area contributed by atoms with Gasteiger partial charge in [-0.1, -0.05) is 11.3 Å². The number of benzene rings is 1. The molecule has 20 heavy (non-hydrogen) atoms. The number of carboxylic acid groups (broad SMARTS) is 1. The van der Waals surface area contributed by atoms with Crippen molar-refractivity contribution < 1.29 is 19.0 Å². The normalized spacial score (nSPS) is 10.3. The molecule has 0 aliphatic heterocycles. The minimum Gasteiger partial charge on any atom is -0.491 e. The lowest BCUT2D eigenvalue weighted by Crippen LogP contribution is -1.96. The molecule has 0 fully saturated rings. The quantitative estimate of drug-likeness (QED) is 0.884. The van der Waals surface area contributed by atoms with Gasteiger partial charge in [0, 0.05) is 11.8 Å². The van der Waals surface area contributed by atoms with Gasteiger partial charge in [0.15, 0.2) is 16.7 Å². The third-order valence-electron chi connectivity index (χ3n) is 2.47. The summed E-state index contributed by atoms with van der Waals surface area (Å²) < 4.78 is 18.8. The van der Waals surface area contributed by atoms with Crippen LogP contribution in [-0.2, 0) is 0 Å². The molecule has 0 aliphatic carbocycles. The number of aryl methyl sites for hydroxylation is 1. The van der Waals surface area contributed by atoms with E-state index in [1.165, 1.54) is 12.1 Å². The number of ether oxygens (including phenoxy) is 1. The lowest BCUT2D eigenvalue weighted by Gasteiger charge is -2.07. The molecular weight excluding hydrogens is 283 g/mol. The van der Waals surface area contributed by atoms with Crippen molar-refractivity contribution in [3.8, 4) is 5.75 Å². The average Bonchev–Trinajstić information content (AvgIpc) is 2.74. The van der Waals surface area contributed by atoms with Gasteiger partial charge < -0.3 is 15.2 Å².